The Morgan fingerprint density at radius 2 is 1.82 bits per heavy atom. The van der Waals surface area contributed by atoms with Crippen LogP contribution in [0.4, 0.5) is 0 Å². The van der Waals surface area contributed by atoms with Gasteiger partial charge in [-0.25, -0.2) is 0 Å². The molecule has 0 N–H and O–H groups in total. The first-order chi connectivity index (χ1) is 8.19. The fourth-order valence-electron chi connectivity index (χ4n) is 3.66. The van der Waals surface area contributed by atoms with E-state index in [1.807, 2.05) is 0 Å². The predicted octanol–water partition coefficient (Wildman–Crippen LogP) is 4.45. The summed E-state index contributed by atoms with van der Waals surface area (Å²) in [5.41, 5.74) is 0.621. The summed E-state index contributed by atoms with van der Waals surface area (Å²) in [5, 5.41) is 1.20. The maximum atomic E-state index is 3.73. The molecule has 0 saturated heterocycles. The van der Waals surface area contributed by atoms with Crippen molar-refractivity contribution in [2.45, 2.75) is 64.3 Å². The maximum absolute atomic E-state index is 3.73. The summed E-state index contributed by atoms with van der Waals surface area (Å²) in [6, 6.07) is 0.870. The minimum Gasteiger partial charge on any atom is -0.303 e. The second kappa shape index (κ2) is 6.06. The highest BCUT2D eigenvalue weighted by atomic mass is 79.9. The molecular weight excluding hydrogens is 274 g/mol. The molecule has 0 heterocycles. The highest BCUT2D eigenvalue weighted by Gasteiger charge is 2.38. The quantitative estimate of drug-likeness (QED) is 0.678. The molecule has 0 radical (unpaired) electrons. The normalized spacial score (nSPS) is 32.5. The van der Waals surface area contributed by atoms with Gasteiger partial charge in [0, 0.05) is 17.9 Å². The monoisotopic (exact) mass is 301 g/mol. The molecule has 2 saturated carbocycles. The van der Waals surface area contributed by atoms with Crippen LogP contribution in [-0.4, -0.2) is 29.9 Å². The lowest BCUT2D eigenvalue weighted by molar-refractivity contribution is 0.0640. The van der Waals surface area contributed by atoms with Crippen molar-refractivity contribution < 1.29 is 0 Å². The van der Waals surface area contributed by atoms with Crippen LogP contribution in [0.15, 0.2) is 0 Å². The average Bonchev–Trinajstić information content (AvgIpc) is 2.33. The average molecular weight is 302 g/mol. The Hall–Kier alpha value is 0.440. The number of hydrogen-bond donors (Lipinski definition) is 0. The third-order valence-corrected chi connectivity index (χ3v) is 6.49. The number of halogens is 1. The minimum absolute atomic E-state index is 0.621. The van der Waals surface area contributed by atoms with E-state index in [0.29, 0.717) is 5.41 Å². The summed E-state index contributed by atoms with van der Waals surface area (Å²) in [6.07, 6.45) is 11.5. The standard InChI is InChI=1S/C15H28BrN/c1-3-13-5-7-14(8-6-13)17(2)12-15(11-16)9-4-10-15/h13-14H,3-12H2,1-2H3. The Morgan fingerprint density at radius 3 is 2.24 bits per heavy atom. The molecule has 0 unspecified atom stereocenters. The van der Waals surface area contributed by atoms with Gasteiger partial charge in [0.05, 0.1) is 0 Å². The van der Waals surface area contributed by atoms with Gasteiger partial charge in [0.25, 0.3) is 0 Å². The van der Waals surface area contributed by atoms with Crippen molar-refractivity contribution >= 4 is 15.9 Å². The minimum atomic E-state index is 0.621. The van der Waals surface area contributed by atoms with Crippen LogP contribution < -0.4 is 0 Å². The van der Waals surface area contributed by atoms with Gasteiger partial charge >= 0.3 is 0 Å². The fourth-order valence-corrected chi connectivity index (χ4v) is 4.40. The van der Waals surface area contributed by atoms with Gasteiger partial charge in [-0.2, -0.15) is 0 Å². The van der Waals surface area contributed by atoms with Gasteiger partial charge in [-0.05, 0) is 56.9 Å². The van der Waals surface area contributed by atoms with E-state index in [2.05, 4.69) is 34.8 Å². The summed E-state index contributed by atoms with van der Waals surface area (Å²) < 4.78 is 0. The molecular formula is C15H28BrN. The lowest BCUT2D eigenvalue weighted by Crippen LogP contribution is -2.46. The first-order valence-electron chi connectivity index (χ1n) is 7.45. The van der Waals surface area contributed by atoms with Crippen molar-refractivity contribution in [1.29, 1.82) is 0 Å². The van der Waals surface area contributed by atoms with Gasteiger partial charge < -0.3 is 4.90 Å². The van der Waals surface area contributed by atoms with Crippen LogP contribution in [0.5, 0.6) is 0 Å². The van der Waals surface area contributed by atoms with E-state index in [9.17, 15) is 0 Å². The van der Waals surface area contributed by atoms with E-state index >= 15 is 0 Å². The third kappa shape index (κ3) is 3.26. The molecule has 0 aliphatic heterocycles. The van der Waals surface area contributed by atoms with Crippen LogP contribution in [0.1, 0.15) is 58.3 Å². The largest absolute Gasteiger partial charge is 0.303 e. The number of alkyl halides is 1. The first kappa shape index (κ1) is 13.9. The van der Waals surface area contributed by atoms with Crippen LogP contribution in [0.2, 0.25) is 0 Å². The Morgan fingerprint density at radius 1 is 1.18 bits per heavy atom. The number of rotatable bonds is 5. The smallest absolute Gasteiger partial charge is 0.0100 e. The van der Waals surface area contributed by atoms with E-state index < -0.39 is 0 Å². The molecule has 0 bridgehead atoms. The van der Waals surface area contributed by atoms with Crippen molar-refractivity contribution in [2.24, 2.45) is 11.3 Å². The highest BCUT2D eigenvalue weighted by Crippen LogP contribution is 2.43. The molecule has 2 fully saturated rings. The molecule has 2 aliphatic carbocycles. The zero-order valence-corrected chi connectivity index (χ0v) is 13.1. The van der Waals surface area contributed by atoms with Crippen LogP contribution >= 0.6 is 15.9 Å². The van der Waals surface area contributed by atoms with Gasteiger partial charge in [-0.1, -0.05) is 35.7 Å². The summed E-state index contributed by atoms with van der Waals surface area (Å²) in [7, 11) is 2.36. The zero-order valence-electron chi connectivity index (χ0n) is 11.6. The van der Waals surface area contributed by atoms with E-state index in [-0.39, 0.29) is 0 Å². The van der Waals surface area contributed by atoms with Gasteiger partial charge in [0.2, 0.25) is 0 Å². The van der Waals surface area contributed by atoms with Gasteiger partial charge in [-0.3, -0.25) is 0 Å². The third-order valence-electron chi connectivity index (χ3n) is 5.30. The van der Waals surface area contributed by atoms with Crippen LogP contribution in [0, 0.1) is 11.3 Å². The molecule has 0 aromatic carbocycles. The molecule has 0 aromatic heterocycles. The summed E-state index contributed by atoms with van der Waals surface area (Å²) in [6.45, 7) is 3.67. The highest BCUT2D eigenvalue weighted by molar-refractivity contribution is 9.09. The molecule has 1 nitrogen and oxygen atoms in total. The first-order valence-corrected chi connectivity index (χ1v) is 8.57. The molecule has 2 rings (SSSR count). The Bertz CT molecular complexity index is 224. The lowest BCUT2D eigenvalue weighted by atomic mass is 9.69. The van der Waals surface area contributed by atoms with Crippen LogP contribution in [0.25, 0.3) is 0 Å². The van der Waals surface area contributed by atoms with E-state index in [4.69, 9.17) is 0 Å². The van der Waals surface area contributed by atoms with Crippen molar-refractivity contribution in [3.63, 3.8) is 0 Å². The maximum Gasteiger partial charge on any atom is 0.0100 e. The summed E-state index contributed by atoms with van der Waals surface area (Å²) >= 11 is 3.73. The van der Waals surface area contributed by atoms with E-state index in [0.717, 1.165) is 12.0 Å². The van der Waals surface area contributed by atoms with Crippen molar-refractivity contribution in [3.8, 4) is 0 Å². The predicted molar refractivity (Wildman–Crippen MR) is 78.7 cm³/mol. The van der Waals surface area contributed by atoms with E-state index in [1.54, 1.807) is 0 Å². The Kier molecular flexibility index (Phi) is 4.94. The zero-order chi connectivity index (χ0) is 12.3. The summed E-state index contributed by atoms with van der Waals surface area (Å²) in [5.74, 6) is 1.02. The Labute approximate surface area is 115 Å². The fraction of sp³-hybridized carbons (Fsp3) is 1.00. The van der Waals surface area contributed by atoms with Crippen LogP contribution in [0.3, 0.4) is 0 Å². The molecule has 0 spiro atoms. The SMILES string of the molecule is CCC1CCC(N(C)CC2(CBr)CCC2)CC1. The number of nitrogens with zero attached hydrogens (tertiary/aromatic N) is 1. The van der Waals surface area contributed by atoms with Crippen molar-refractivity contribution in [2.75, 3.05) is 18.9 Å². The second-order valence-electron chi connectivity index (χ2n) is 6.49. The van der Waals surface area contributed by atoms with Crippen molar-refractivity contribution in [3.05, 3.63) is 0 Å². The Balaban J connectivity index is 1.78. The molecule has 100 valence electrons. The molecule has 2 heteroatoms. The van der Waals surface area contributed by atoms with Crippen LogP contribution in [-0.2, 0) is 0 Å². The van der Waals surface area contributed by atoms with Gasteiger partial charge in [0.1, 0.15) is 0 Å². The molecule has 17 heavy (non-hydrogen) atoms. The topological polar surface area (TPSA) is 3.24 Å². The molecule has 2 aliphatic rings. The van der Waals surface area contributed by atoms with Gasteiger partial charge in [0.15, 0.2) is 0 Å². The number of hydrogen-bond acceptors (Lipinski definition) is 1. The van der Waals surface area contributed by atoms with Crippen molar-refractivity contribution in [1.82, 2.24) is 4.90 Å². The summed E-state index contributed by atoms with van der Waals surface area (Å²) in [4.78, 5) is 2.67. The van der Waals surface area contributed by atoms with E-state index in [1.165, 1.54) is 63.2 Å². The second-order valence-corrected chi connectivity index (χ2v) is 7.05. The molecule has 0 aromatic rings. The van der Waals surface area contributed by atoms with Gasteiger partial charge in [-0.15, -0.1) is 0 Å². The molecule has 0 amide bonds. The molecule has 0 atom stereocenters. The lowest BCUT2D eigenvalue weighted by Gasteiger charge is -2.46.